The normalized spacial score (nSPS) is 10.3. The molecule has 0 saturated heterocycles. The van der Waals surface area contributed by atoms with Gasteiger partial charge >= 0.3 is 0 Å². The Balaban J connectivity index is 2.23. The Bertz CT molecular complexity index is 788. The van der Waals surface area contributed by atoms with Crippen LogP contribution in [0.4, 0.5) is 11.4 Å². The first-order valence-corrected chi connectivity index (χ1v) is 8.26. The summed E-state index contributed by atoms with van der Waals surface area (Å²) < 4.78 is 5.41. The fourth-order valence-electron chi connectivity index (χ4n) is 2.61. The molecule has 0 aliphatic rings. The van der Waals surface area contributed by atoms with E-state index in [4.69, 9.17) is 4.74 Å². The lowest BCUT2D eigenvalue weighted by Gasteiger charge is -2.22. The van der Waals surface area contributed by atoms with Gasteiger partial charge in [0, 0.05) is 45.5 Å². The van der Waals surface area contributed by atoms with Crippen LogP contribution < -0.4 is 9.64 Å². The lowest BCUT2D eigenvalue weighted by atomic mass is 10.1. The number of nitro benzene ring substituents is 1. The minimum atomic E-state index is -0.497. The van der Waals surface area contributed by atoms with Crippen molar-refractivity contribution in [1.29, 1.82) is 0 Å². The molecule has 26 heavy (non-hydrogen) atoms. The van der Waals surface area contributed by atoms with Crippen LogP contribution in [0.3, 0.4) is 0 Å². The molecule has 2 rings (SSSR count). The molecule has 0 saturated carbocycles. The van der Waals surface area contributed by atoms with Crippen molar-refractivity contribution in [2.24, 2.45) is 0 Å². The Morgan fingerprint density at radius 3 is 2.31 bits per heavy atom. The predicted octanol–water partition coefficient (Wildman–Crippen LogP) is 3.33. The number of nitro groups is 1. The highest BCUT2D eigenvalue weighted by Crippen LogP contribution is 2.26. The quantitative estimate of drug-likeness (QED) is 0.561. The third kappa shape index (κ3) is 4.50. The molecule has 0 aromatic heterocycles. The molecule has 0 heterocycles. The summed E-state index contributed by atoms with van der Waals surface area (Å²) in [6.07, 6.45) is 0. The maximum absolute atomic E-state index is 12.9. The lowest BCUT2D eigenvalue weighted by Crippen LogP contribution is -2.28. The maximum atomic E-state index is 12.9. The maximum Gasteiger partial charge on any atom is 0.270 e. The van der Waals surface area contributed by atoms with Gasteiger partial charge in [0.2, 0.25) is 0 Å². The second kappa shape index (κ2) is 8.33. The van der Waals surface area contributed by atoms with Gasteiger partial charge in [-0.1, -0.05) is 12.1 Å². The van der Waals surface area contributed by atoms with Crippen molar-refractivity contribution in [3.63, 3.8) is 0 Å². The summed E-state index contributed by atoms with van der Waals surface area (Å²) >= 11 is 0. The summed E-state index contributed by atoms with van der Waals surface area (Å²) in [5.74, 6) is 0.505. The first-order valence-electron chi connectivity index (χ1n) is 8.26. The Morgan fingerprint density at radius 2 is 1.77 bits per heavy atom. The molecule has 0 radical (unpaired) electrons. The number of nitrogens with zero attached hydrogens (tertiary/aromatic N) is 3. The highest BCUT2D eigenvalue weighted by Gasteiger charge is 2.21. The standard InChI is InChI=1S/C19H23N3O4/c1-5-26-16-9-6-14(7-10-16)13-21(4)19(23)17-12-15(22(24)25)8-11-18(17)20(2)3/h6-12H,5,13H2,1-4H3. The Hall–Kier alpha value is -3.09. The molecule has 7 nitrogen and oxygen atoms in total. The minimum Gasteiger partial charge on any atom is -0.494 e. The van der Waals surface area contributed by atoms with Gasteiger partial charge in [-0.25, -0.2) is 0 Å². The molecule has 0 aliphatic carbocycles. The Labute approximate surface area is 152 Å². The number of hydrogen-bond acceptors (Lipinski definition) is 5. The molecule has 0 atom stereocenters. The van der Waals surface area contributed by atoms with E-state index in [2.05, 4.69) is 0 Å². The van der Waals surface area contributed by atoms with Crippen LogP contribution in [0.5, 0.6) is 5.75 Å². The number of carbonyl (C=O) groups excluding carboxylic acids is 1. The summed E-state index contributed by atoms with van der Waals surface area (Å²) in [4.78, 5) is 26.7. The van der Waals surface area contributed by atoms with Crippen LogP contribution in [0.25, 0.3) is 0 Å². The Kier molecular flexibility index (Phi) is 6.16. The predicted molar refractivity (Wildman–Crippen MR) is 101 cm³/mol. The zero-order chi connectivity index (χ0) is 19.3. The monoisotopic (exact) mass is 357 g/mol. The van der Waals surface area contributed by atoms with Gasteiger partial charge < -0.3 is 14.5 Å². The van der Waals surface area contributed by atoms with Gasteiger partial charge in [0.25, 0.3) is 11.6 Å². The second-order valence-corrected chi connectivity index (χ2v) is 6.09. The van der Waals surface area contributed by atoms with E-state index >= 15 is 0 Å². The van der Waals surface area contributed by atoms with Crippen molar-refractivity contribution < 1.29 is 14.5 Å². The van der Waals surface area contributed by atoms with E-state index in [9.17, 15) is 14.9 Å². The number of benzene rings is 2. The Morgan fingerprint density at radius 1 is 1.12 bits per heavy atom. The van der Waals surface area contributed by atoms with E-state index in [1.165, 1.54) is 12.1 Å². The summed E-state index contributed by atoms with van der Waals surface area (Å²) in [5.41, 5.74) is 1.78. The van der Waals surface area contributed by atoms with Gasteiger partial charge in [-0.2, -0.15) is 0 Å². The van der Waals surface area contributed by atoms with Crippen LogP contribution >= 0.6 is 0 Å². The van der Waals surface area contributed by atoms with E-state index in [-0.39, 0.29) is 11.6 Å². The van der Waals surface area contributed by atoms with Crippen molar-refractivity contribution in [2.45, 2.75) is 13.5 Å². The molecule has 0 aliphatic heterocycles. The fraction of sp³-hybridized carbons (Fsp3) is 0.316. The average Bonchev–Trinajstić information content (AvgIpc) is 2.62. The molecule has 0 bridgehead atoms. The van der Waals surface area contributed by atoms with Crippen LogP contribution in [0, 0.1) is 10.1 Å². The van der Waals surface area contributed by atoms with Gasteiger partial charge in [-0.15, -0.1) is 0 Å². The van der Waals surface area contributed by atoms with Crippen LogP contribution in [0.2, 0.25) is 0 Å². The van der Waals surface area contributed by atoms with Crippen LogP contribution in [-0.4, -0.2) is 43.5 Å². The molecule has 0 N–H and O–H groups in total. The molecule has 0 unspecified atom stereocenters. The van der Waals surface area contributed by atoms with Crippen LogP contribution in [0.15, 0.2) is 42.5 Å². The number of carbonyl (C=O) groups is 1. The smallest absolute Gasteiger partial charge is 0.270 e. The van der Waals surface area contributed by atoms with Crippen molar-refractivity contribution in [3.05, 3.63) is 63.7 Å². The number of anilines is 1. The number of rotatable bonds is 7. The number of hydrogen-bond donors (Lipinski definition) is 0. The lowest BCUT2D eigenvalue weighted by molar-refractivity contribution is -0.384. The van der Waals surface area contributed by atoms with Crippen molar-refractivity contribution >= 4 is 17.3 Å². The summed E-state index contributed by atoms with van der Waals surface area (Å²) in [7, 11) is 5.27. The molecule has 1 amide bonds. The average molecular weight is 357 g/mol. The summed E-state index contributed by atoms with van der Waals surface area (Å²) in [6.45, 7) is 2.90. The highest BCUT2D eigenvalue weighted by molar-refractivity contribution is 6.00. The van der Waals surface area contributed by atoms with Gasteiger partial charge in [-0.05, 0) is 30.7 Å². The third-order valence-electron chi connectivity index (χ3n) is 3.90. The number of amides is 1. The van der Waals surface area contributed by atoms with Gasteiger partial charge in [-0.3, -0.25) is 14.9 Å². The third-order valence-corrected chi connectivity index (χ3v) is 3.90. The minimum absolute atomic E-state index is 0.103. The van der Waals surface area contributed by atoms with E-state index in [0.29, 0.717) is 24.4 Å². The molecule has 2 aromatic carbocycles. The first-order chi connectivity index (χ1) is 12.3. The molecule has 138 valence electrons. The molecule has 7 heteroatoms. The van der Waals surface area contributed by atoms with Gasteiger partial charge in [0.1, 0.15) is 5.75 Å². The number of non-ortho nitro benzene ring substituents is 1. The fourth-order valence-corrected chi connectivity index (χ4v) is 2.61. The molecule has 2 aromatic rings. The van der Waals surface area contributed by atoms with E-state index < -0.39 is 4.92 Å². The summed E-state index contributed by atoms with van der Waals surface area (Å²) in [5, 5.41) is 11.1. The SMILES string of the molecule is CCOc1ccc(CN(C)C(=O)c2cc([N+](=O)[O-])ccc2N(C)C)cc1. The van der Waals surface area contributed by atoms with Crippen molar-refractivity contribution in [2.75, 3.05) is 32.6 Å². The van der Waals surface area contributed by atoms with Crippen LogP contribution in [-0.2, 0) is 6.54 Å². The zero-order valence-corrected chi connectivity index (χ0v) is 15.4. The topological polar surface area (TPSA) is 75.9 Å². The second-order valence-electron chi connectivity index (χ2n) is 6.09. The molecule has 0 fully saturated rings. The van der Waals surface area contributed by atoms with Crippen molar-refractivity contribution in [1.82, 2.24) is 4.90 Å². The zero-order valence-electron chi connectivity index (χ0n) is 15.4. The summed E-state index contributed by atoms with van der Waals surface area (Å²) in [6, 6.07) is 11.8. The highest BCUT2D eigenvalue weighted by atomic mass is 16.6. The largest absolute Gasteiger partial charge is 0.494 e. The van der Waals surface area contributed by atoms with Gasteiger partial charge in [0.15, 0.2) is 0 Å². The molecule has 0 spiro atoms. The van der Waals surface area contributed by atoms with Crippen LogP contribution in [0.1, 0.15) is 22.8 Å². The van der Waals surface area contributed by atoms with Crippen molar-refractivity contribution in [3.8, 4) is 5.75 Å². The number of ether oxygens (including phenoxy) is 1. The van der Waals surface area contributed by atoms with E-state index in [1.54, 1.807) is 37.0 Å². The van der Waals surface area contributed by atoms with E-state index in [0.717, 1.165) is 11.3 Å². The molecular formula is C19H23N3O4. The molecular weight excluding hydrogens is 334 g/mol. The first kappa shape index (κ1) is 19.2. The van der Waals surface area contributed by atoms with Gasteiger partial charge in [0.05, 0.1) is 17.1 Å². The van der Waals surface area contributed by atoms with E-state index in [1.807, 2.05) is 31.2 Å².